The van der Waals surface area contributed by atoms with Gasteiger partial charge in [0, 0.05) is 6.07 Å². The maximum Gasteiger partial charge on any atom is 0.269 e. The second-order valence-electron chi connectivity index (χ2n) is 4.65. The van der Waals surface area contributed by atoms with Crippen molar-refractivity contribution in [1.82, 2.24) is 5.16 Å². The molecule has 0 fully saturated rings. The fraction of sp³-hybridized carbons (Fsp3) is 0.267. The summed E-state index contributed by atoms with van der Waals surface area (Å²) in [7, 11) is 0. The average molecular weight is 287 g/mol. The van der Waals surface area contributed by atoms with E-state index in [0.29, 0.717) is 11.6 Å². The zero-order valence-electron chi connectivity index (χ0n) is 12.2. The summed E-state index contributed by atoms with van der Waals surface area (Å²) in [4.78, 5) is 17.0. The summed E-state index contributed by atoms with van der Waals surface area (Å²) in [5, 5.41) is 10.1. The Morgan fingerprint density at radius 1 is 1.43 bits per heavy atom. The number of nitrogens with one attached hydrogen (secondary N) is 1. The molecule has 0 saturated carbocycles. The van der Waals surface area contributed by atoms with Crippen molar-refractivity contribution in [3.63, 3.8) is 0 Å². The van der Waals surface area contributed by atoms with Gasteiger partial charge in [0.25, 0.3) is 5.91 Å². The van der Waals surface area contributed by atoms with Gasteiger partial charge < -0.3 is 14.7 Å². The summed E-state index contributed by atoms with van der Waals surface area (Å²) in [6, 6.07) is 9.39. The lowest BCUT2D eigenvalue weighted by molar-refractivity contribution is -0.126. The molecule has 2 aromatic rings. The van der Waals surface area contributed by atoms with Gasteiger partial charge in [-0.1, -0.05) is 34.6 Å². The van der Waals surface area contributed by atoms with Crippen molar-refractivity contribution >= 4 is 17.9 Å². The number of benzene rings is 1. The average Bonchev–Trinajstić information content (AvgIpc) is 2.86. The van der Waals surface area contributed by atoms with Crippen LogP contribution >= 0.6 is 0 Å². The molecule has 1 aromatic heterocycles. The molecule has 1 amide bonds. The molecule has 110 valence electrons. The summed E-state index contributed by atoms with van der Waals surface area (Å²) in [5.41, 5.74) is 2.03. The van der Waals surface area contributed by atoms with Crippen molar-refractivity contribution in [1.29, 1.82) is 0 Å². The van der Waals surface area contributed by atoms with Gasteiger partial charge in [0.1, 0.15) is 5.76 Å². The maximum atomic E-state index is 11.8. The predicted molar refractivity (Wildman–Crippen MR) is 79.2 cm³/mol. The van der Waals surface area contributed by atoms with Crippen molar-refractivity contribution < 1.29 is 14.2 Å². The SMILES string of the molecule is Cc1cc(NC(=O)C(C)O/N=C/c2ccccc2C)no1. The van der Waals surface area contributed by atoms with Crippen LogP contribution in [0.1, 0.15) is 23.8 Å². The second kappa shape index (κ2) is 6.69. The number of anilines is 1. The Kier molecular flexibility index (Phi) is 4.71. The van der Waals surface area contributed by atoms with E-state index in [4.69, 9.17) is 9.36 Å². The Labute approximate surface area is 122 Å². The van der Waals surface area contributed by atoms with E-state index in [1.807, 2.05) is 31.2 Å². The van der Waals surface area contributed by atoms with Gasteiger partial charge in [0.05, 0.1) is 6.21 Å². The van der Waals surface area contributed by atoms with Crippen molar-refractivity contribution in [2.75, 3.05) is 5.32 Å². The topological polar surface area (TPSA) is 76.7 Å². The number of oxime groups is 1. The fourth-order valence-corrected chi connectivity index (χ4v) is 1.61. The summed E-state index contributed by atoms with van der Waals surface area (Å²) >= 11 is 0. The number of nitrogens with zero attached hydrogens (tertiary/aromatic N) is 2. The summed E-state index contributed by atoms with van der Waals surface area (Å²) in [6.07, 6.45) is 0.849. The van der Waals surface area contributed by atoms with E-state index in [-0.39, 0.29) is 5.91 Å². The lowest BCUT2D eigenvalue weighted by Gasteiger charge is -2.08. The Hall–Kier alpha value is -2.63. The molecule has 0 aliphatic carbocycles. The Morgan fingerprint density at radius 3 is 2.86 bits per heavy atom. The van der Waals surface area contributed by atoms with Crippen molar-refractivity contribution in [3.05, 3.63) is 47.2 Å². The molecule has 1 aromatic carbocycles. The summed E-state index contributed by atoms with van der Waals surface area (Å²) < 4.78 is 4.86. The van der Waals surface area contributed by atoms with Crippen LogP contribution in [-0.4, -0.2) is 23.4 Å². The Balaban J connectivity index is 1.88. The quantitative estimate of drug-likeness (QED) is 0.677. The van der Waals surface area contributed by atoms with E-state index < -0.39 is 6.10 Å². The molecular formula is C15H17N3O3. The largest absolute Gasteiger partial charge is 0.383 e. The standard InChI is InChI=1S/C15H17N3O3/c1-10-6-4-5-7-13(10)9-16-21-12(3)15(19)17-14-8-11(2)20-18-14/h4-9,12H,1-3H3,(H,17,18,19)/b16-9+. The van der Waals surface area contributed by atoms with E-state index >= 15 is 0 Å². The molecule has 0 radical (unpaired) electrons. The molecule has 1 heterocycles. The first-order valence-electron chi connectivity index (χ1n) is 6.55. The third kappa shape index (κ3) is 4.17. The van der Waals surface area contributed by atoms with Crippen LogP contribution in [-0.2, 0) is 9.63 Å². The van der Waals surface area contributed by atoms with Gasteiger partial charge in [-0.2, -0.15) is 0 Å². The first-order valence-corrected chi connectivity index (χ1v) is 6.55. The fourth-order valence-electron chi connectivity index (χ4n) is 1.61. The maximum absolute atomic E-state index is 11.8. The van der Waals surface area contributed by atoms with Crippen LogP contribution < -0.4 is 5.32 Å². The van der Waals surface area contributed by atoms with Crippen LogP contribution in [0.2, 0.25) is 0 Å². The molecule has 0 aliphatic rings. The zero-order valence-corrected chi connectivity index (χ0v) is 12.2. The van der Waals surface area contributed by atoms with Crippen molar-refractivity contribution in [2.45, 2.75) is 26.9 Å². The molecule has 1 unspecified atom stereocenters. The lowest BCUT2D eigenvalue weighted by Crippen LogP contribution is -2.26. The van der Waals surface area contributed by atoms with Gasteiger partial charge in [0.15, 0.2) is 5.82 Å². The third-order valence-corrected chi connectivity index (χ3v) is 2.85. The minimum absolute atomic E-state index is 0.342. The first kappa shape index (κ1) is 14.8. The van der Waals surface area contributed by atoms with Gasteiger partial charge in [-0.15, -0.1) is 0 Å². The molecule has 0 aliphatic heterocycles. The van der Waals surface area contributed by atoms with E-state index in [1.54, 1.807) is 26.1 Å². The van der Waals surface area contributed by atoms with Crippen LogP contribution in [0.25, 0.3) is 0 Å². The number of carbonyl (C=O) groups excluding carboxylic acids is 1. The van der Waals surface area contributed by atoms with Gasteiger partial charge in [-0.3, -0.25) is 4.79 Å². The van der Waals surface area contributed by atoms with Crippen molar-refractivity contribution in [2.24, 2.45) is 5.16 Å². The molecule has 0 spiro atoms. The summed E-state index contributed by atoms with van der Waals surface area (Å²) in [5.74, 6) is 0.637. The normalized spacial score (nSPS) is 12.3. The summed E-state index contributed by atoms with van der Waals surface area (Å²) in [6.45, 7) is 5.33. The van der Waals surface area contributed by atoms with E-state index in [2.05, 4.69) is 15.6 Å². The van der Waals surface area contributed by atoms with Crippen LogP contribution in [0, 0.1) is 13.8 Å². The minimum atomic E-state index is -0.734. The minimum Gasteiger partial charge on any atom is -0.383 e. The van der Waals surface area contributed by atoms with Crippen LogP contribution in [0.5, 0.6) is 0 Å². The molecule has 6 nitrogen and oxygen atoms in total. The smallest absolute Gasteiger partial charge is 0.269 e. The molecule has 2 rings (SSSR count). The van der Waals surface area contributed by atoms with Crippen LogP contribution in [0.15, 0.2) is 40.0 Å². The first-order chi connectivity index (χ1) is 10.1. The highest BCUT2D eigenvalue weighted by molar-refractivity contribution is 5.93. The highest BCUT2D eigenvalue weighted by Crippen LogP contribution is 2.08. The predicted octanol–water partition coefficient (Wildman–Crippen LogP) is 2.67. The Morgan fingerprint density at radius 2 is 2.19 bits per heavy atom. The molecule has 6 heteroatoms. The number of aryl methyl sites for hydroxylation is 2. The number of hydrogen-bond acceptors (Lipinski definition) is 5. The molecule has 0 saturated heterocycles. The molecule has 21 heavy (non-hydrogen) atoms. The third-order valence-electron chi connectivity index (χ3n) is 2.85. The van der Waals surface area contributed by atoms with Gasteiger partial charge in [0.2, 0.25) is 6.10 Å². The molecule has 0 bridgehead atoms. The van der Waals surface area contributed by atoms with Crippen LogP contribution in [0.4, 0.5) is 5.82 Å². The lowest BCUT2D eigenvalue weighted by atomic mass is 10.1. The number of aromatic nitrogens is 1. The van der Waals surface area contributed by atoms with E-state index in [0.717, 1.165) is 11.1 Å². The number of carbonyl (C=O) groups is 1. The zero-order chi connectivity index (χ0) is 15.2. The molecule has 1 atom stereocenters. The van der Waals surface area contributed by atoms with Gasteiger partial charge >= 0.3 is 0 Å². The molecule has 1 N–H and O–H groups in total. The molecular weight excluding hydrogens is 270 g/mol. The monoisotopic (exact) mass is 287 g/mol. The number of hydrogen-bond donors (Lipinski definition) is 1. The van der Waals surface area contributed by atoms with Crippen LogP contribution in [0.3, 0.4) is 0 Å². The van der Waals surface area contributed by atoms with E-state index in [1.165, 1.54) is 0 Å². The second-order valence-corrected chi connectivity index (χ2v) is 4.65. The Bertz CT molecular complexity index is 649. The van der Waals surface area contributed by atoms with Gasteiger partial charge in [-0.05, 0) is 31.9 Å². The van der Waals surface area contributed by atoms with E-state index in [9.17, 15) is 4.79 Å². The number of rotatable bonds is 5. The highest BCUT2D eigenvalue weighted by Gasteiger charge is 2.15. The highest BCUT2D eigenvalue weighted by atomic mass is 16.6. The number of amides is 1. The van der Waals surface area contributed by atoms with Gasteiger partial charge in [-0.25, -0.2) is 0 Å². The van der Waals surface area contributed by atoms with Crippen molar-refractivity contribution in [3.8, 4) is 0 Å².